The van der Waals surface area contributed by atoms with Gasteiger partial charge in [0.05, 0.1) is 5.56 Å². The molecule has 1 saturated carbocycles. The van der Waals surface area contributed by atoms with Crippen molar-refractivity contribution < 1.29 is 0 Å². The molecular formula is C12H16N2. The molecule has 2 heteroatoms. The van der Waals surface area contributed by atoms with E-state index in [1.807, 2.05) is 0 Å². The molecular weight excluding hydrogens is 172 g/mol. The minimum absolute atomic E-state index is 0.511. The van der Waals surface area contributed by atoms with Crippen molar-refractivity contribution in [3.05, 3.63) is 23.0 Å². The van der Waals surface area contributed by atoms with Gasteiger partial charge in [0.15, 0.2) is 0 Å². The summed E-state index contributed by atoms with van der Waals surface area (Å²) in [5.41, 5.74) is 3.32. The van der Waals surface area contributed by atoms with Gasteiger partial charge in [-0.3, -0.25) is 0 Å². The Morgan fingerprint density at radius 3 is 2.57 bits per heavy atom. The van der Waals surface area contributed by atoms with Crippen molar-refractivity contribution in [2.75, 3.05) is 0 Å². The van der Waals surface area contributed by atoms with Crippen LogP contribution >= 0.6 is 0 Å². The number of rotatable bonds is 2. The van der Waals surface area contributed by atoms with E-state index in [-0.39, 0.29) is 0 Å². The first-order valence-corrected chi connectivity index (χ1v) is 5.27. The van der Waals surface area contributed by atoms with Crippen LogP contribution in [0.1, 0.15) is 55.6 Å². The Morgan fingerprint density at radius 1 is 1.50 bits per heavy atom. The van der Waals surface area contributed by atoms with Crippen LogP contribution in [0.15, 0.2) is 6.07 Å². The third kappa shape index (κ3) is 1.33. The van der Waals surface area contributed by atoms with Gasteiger partial charge in [0.2, 0.25) is 0 Å². The van der Waals surface area contributed by atoms with E-state index in [1.165, 1.54) is 18.5 Å². The van der Waals surface area contributed by atoms with Crippen LogP contribution in [0.4, 0.5) is 0 Å². The number of nitriles is 1. The summed E-state index contributed by atoms with van der Waals surface area (Å²) in [7, 11) is 0. The topological polar surface area (TPSA) is 28.7 Å². The minimum Gasteiger partial charge on any atom is -0.344 e. The number of aromatic nitrogens is 1. The van der Waals surface area contributed by atoms with E-state index in [1.54, 1.807) is 0 Å². The second kappa shape index (κ2) is 3.16. The third-order valence-electron chi connectivity index (χ3n) is 2.95. The highest BCUT2D eigenvalue weighted by Crippen LogP contribution is 2.40. The van der Waals surface area contributed by atoms with Crippen LogP contribution in [0.2, 0.25) is 0 Å². The fourth-order valence-corrected chi connectivity index (χ4v) is 2.02. The molecule has 0 aliphatic heterocycles. The summed E-state index contributed by atoms with van der Waals surface area (Å²) in [6, 6.07) is 5.00. The molecule has 0 spiro atoms. The maximum Gasteiger partial charge on any atom is 0.101 e. The van der Waals surface area contributed by atoms with Gasteiger partial charge < -0.3 is 4.57 Å². The Kier molecular flexibility index (Phi) is 2.11. The van der Waals surface area contributed by atoms with Gasteiger partial charge >= 0.3 is 0 Å². The van der Waals surface area contributed by atoms with E-state index < -0.39 is 0 Å². The lowest BCUT2D eigenvalue weighted by atomic mass is 10.1. The molecule has 1 fully saturated rings. The first kappa shape index (κ1) is 9.33. The molecule has 0 atom stereocenters. The standard InChI is InChI=1S/C12H16N2/c1-8(2)12-6-10(7-13)9(3)14(12)11-4-5-11/h6,8,11H,4-5H2,1-3H3. The molecule has 2 rings (SSSR count). The highest BCUT2D eigenvalue weighted by atomic mass is 15.1. The van der Waals surface area contributed by atoms with Crippen LogP contribution in [-0.4, -0.2) is 4.57 Å². The lowest BCUT2D eigenvalue weighted by Crippen LogP contribution is -2.03. The van der Waals surface area contributed by atoms with E-state index >= 15 is 0 Å². The van der Waals surface area contributed by atoms with Crippen LogP contribution in [-0.2, 0) is 0 Å². The summed E-state index contributed by atoms with van der Waals surface area (Å²) in [4.78, 5) is 0. The Labute approximate surface area is 85.2 Å². The van der Waals surface area contributed by atoms with Crippen molar-refractivity contribution in [2.24, 2.45) is 0 Å². The predicted molar refractivity (Wildman–Crippen MR) is 56.2 cm³/mol. The van der Waals surface area contributed by atoms with E-state index in [4.69, 9.17) is 5.26 Å². The molecule has 1 aliphatic rings. The van der Waals surface area contributed by atoms with E-state index in [0.29, 0.717) is 12.0 Å². The Morgan fingerprint density at radius 2 is 2.14 bits per heavy atom. The molecule has 1 heterocycles. The highest BCUT2D eigenvalue weighted by molar-refractivity contribution is 5.39. The normalized spacial score (nSPS) is 15.9. The quantitative estimate of drug-likeness (QED) is 0.701. The zero-order valence-corrected chi connectivity index (χ0v) is 9.04. The van der Waals surface area contributed by atoms with Gasteiger partial charge in [-0.2, -0.15) is 5.26 Å². The first-order chi connectivity index (χ1) is 6.65. The molecule has 0 saturated heterocycles. The highest BCUT2D eigenvalue weighted by Gasteiger charge is 2.28. The average Bonchev–Trinajstić information content (AvgIpc) is 2.90. The molecule has 0 unspecified atom stereocenters. The van der Waals surface area contributed by atoms with E-state index in [2.05, 4.69) is 37.5 Å². The number of nitrogens with zero attached hydrogens (tertiary/aromatic N) is 2. The van der Waals surface area contributed by atoms with Crippen molar-refractivity contribution >= 4 is 0 Å². The van der Waals surface area contributed by atoms with Crippen molar-refractivity contribution in [3.8, 4) is 6.07 Å². The molecule has 74 valence electrons. The maximum absolute atomic E-state index is 8.98. The first-order valence-electron chi connectivity index (χ1n) is 5.27. The second-order valence-electron chi connectivity index (χ2n) is 4.44. The van der Waals surface area contributed by atoms with Gasteiger partial charge in [-0.05, 0) is 31.7 Å². The van der Waals surface area contributed by atoms with Gasteiger partial charge in [-0.15, -0.1) is 0 Å². The summed E-state index contributed by atoms with van der Waals surface area (Å²) >= 11 is 0. The van der Waals surface area contributed by atoms with Crippen LogP contribution in [0.5, 0.6) is 0 Å². The predicted octanol–water partition coefficient (Wildman–Crippen LogP) is 3.13. The Balaban J connectivity index is 2.53. The second-order valence-corrected chi connectivity index (χ2v) is 4.44. The molecule has 2 nitrogen and oxygen atoms in total. The van der Waals surface area contributed by atoms with Gasteiger partial charge in [0, 0.05) is 17.4 Å². The zero-order chi connectivity index (χ0) is 10.3. The SMILES string of the molecule is Cc1c(C#N)cc(C(C)C)n1C1CC1. The van der Waals surface area contributed by atoms with Gasteiger partial charge in [0.1, 0.15) is 6.07 Å². The molecule has 1 aliphatic carbocycles. The zero-order valence-electron chi connectivity index (χ0n) is 9.04. The summed E-state index contributed by atoms with van der Waals surface area (Å²) in [6.45, 7) is 6.44. The lowest BCUT2D eigenvalue weighted by Gasteiger charge is -2.12. The largest absolute Gasteiger partial charge is 0.344 e. The lowest BCUT2D eigenvalue weighted by molar-refractivity contribution is 0.643. The van der Waals surface area contributed by atoms with E-state index in [9.17, 15) is 0 Å². The molecule has 0 bridgehead atoms. The Hall–Kier alpha value is -1.23. The fraction of sp³-hybridized carbons (Fsp3) is 0.583. The summed E-state index contributed by atoms with van der Waals surface area (Å²) in [6.07, 6.45) is 2.56. The summed E-state index contributed by atoms with van der Waals surface area (Å²) < 4.78 is 2.36. The van der Waals surface area contributed by atoms with Gasteiger partial charge in [-0.25, -0.2) is 0 Å². The Bertz CT molecular complexity index is 389. The molecule has 0 amide bonds. The minimum atomic E-state index is 0.511. The smallest absolute Gasteiger partial charge is 0.101 e. The molecule has 0 radical (unpaired) electrons. The monoisotopic (exact) mass is 188 g/mol. The fourth-order valence-electron chi connectivity index (χ4n) is 2.02. The van der Waals surface area contributed by atoms with Gasteiger partial charge in [0.25, 0.3) is 0 Å². The van der Waals surface area contributed by atoms with Crippen molar-refractivity contribution in [1.29, 1.82) is 5.26 Å². The van der Waals surface area contributed by atoms with Crippen molar-refractivity contribution in [1.82, 2.24) is 4.57 Å². The number of hydrogen-bond donors (Lipinski definition) is 0. The maximum atomic E-state index is 8.98. The van der Waals surface area contributed by atoms with Crippen LogP contribution in [0.3, 0.4) is 0 Å². The molecule has 1 aromatic rings. The van der Waals surface area contributed by atoms with Crippen LogP contribution < -0.4 is 0 Å². The molecule has 1 aromatic heterocycles. The van der Waals surface area contributed by atoms with Crippen LogP contribution in [0, 0.1) is 18.3 Å². The average molecular weight is 188 g/mol. The number of hydrogen-bond acceptors (Lipinski definition) is 1. The molecule has 0 N–H and O–H groups in total. The molecule has 0 aromatic carbocycles. The van der Waals surface area contributed by atoms with Gasteiger partial charge in [-0.1, -0.05) is 13.8 Å². The third-order valence-corrected chi connectivity index (χ3v) is 2.95. The van der Waals surface area contributed by atoms with E-state index in [0.717, 1.165) is 11.3 Å². The summed E-state index contributed by atoms with van der Waals surface area (Å²) in [5, 5.41) is 8.98. The van der Waals surface area contributed by atoms with Crippen LogP contribution in [0.25, 0.3) is 0 Å². The molecule has 14 heavy (non-hydrogen) atoms. The summed E-state index contributed by atoms with van der Waals surface area (Å²) in [5.74, 6) is 0.511. The van der Waals surface area contributed by atoms with Crippen molar-refractivity contribution in [2.45, 2.75) is 45.6 Å². The van der Waals surface area contributed by atoms with Crippen molar-refractivity contribution in [3.63, 3.8) is 0 Å².